The first-order chi connectivity index (χ1) is 7.53. The van der Waals surface area contributed by atoms with Crippen molar-refractivity contribution in [3.8, 4) is 0 Å². The van der Waals surface area contributed by atoms with Gasteiger partial charge < -0.3 is 4.74 Å². The zero-order valence-corrected chi connectivity index (χ0v) is 9.68. The maximum absolute atomic E-state index is 13.6. The summed E-state index contributed by atoms with van der Waals surface area (Å²) in [5, 5.41) is 0.284. The molecular weight excluding hydrogens is 231 g/mol. The average Bonchev–Trinajstić information content (AvgIpc) is 2.66. The number of carbonyl (C=O) groups excluding carboxylic acids is 1. The van der Waals surface area contributed by atoms with Crippen molar-refractivity contribution in [2.75, 3.05) is 6.61 Å². The van der Waals surface area contributed by atoms with Crippen molar-refractivity contribution in [3.63, 3.8) is 0 Å². The van der Waals surface area contributed by atoms with Gasteiger partial charge in [0.15, 0.2) is 5.78 Å². The monoisotopic (exact) mass is 242 g/mol. The van der Waals surface area contributed by atoms with E-state index in [-0.39, 0.29) is 16.4 Å². The number of rotatable bonds is 2. The molecular formula is C12H12ClFO2. The van der Waals surface area contributed by atoms with Crippen LogP contribution in [0.5, 0.6) is 0 Å². The highest BCUT2D eigenvalue weighted by molar-refractivity contribution is 6.30. The van der Waals surface area contributed by atoms with E-state index in [1.165, 1.54) is 12.1 Å². The Morgan fingerprint density at radius 2 is 2.31 bits per heavy atom. The van der Waals surface area contributed by atoms with Gasteiger partial charge in [0, 0.05) is 11.6 Å². The van der Waals surface area contributed by atoms with Gasteiger partial charge in [0.05, 0.1) is 5.56 Å². The van der Waals surface area contributed by atoms with Crippen LogP contribution in [0, 0.1) is 5.82 Å². The van der Waals surface area contributed by atoms with Gasteiger partial charge in [-0.25, -0.2) is 4.39 Å². The first-order valence-electron chi connectivity index (χ1n) is 5.17. The normalized spacial score (nSPS) is 24.7. The Bertz CT molecular complexity index is 425. The molecule has 1 saturated heterocycles. The summed E-state index contributed by atoms with van der Waals surface area (Å²) in [5.74, 6) is -0.895. The molecule has 1 aromatic carbocycles. The lowest BCUT2D eigenvalue weighted by Gasteiger charge is -2.21. The van der Waals surface area contributed by atoms with E-state index in [0.717, 1.165) is 12.5 Å². The third-order valence-electron chi connectivity index (χ3n) is 2.87. The predicted molar refractivity (Wildman–Crippen MR) is 59.3 cm³/mol. The zero-order valence-electron chi connectivity index (χ0n) is 8.93. The van der Waals surface area contributed by atoms with Gasteiger partial charge in [-0.1, -0.05) is 11.6 Å². The average molecular weight is 243 g/mol. The molecule has 0 radical (unpaired) electrons. The standard InChI is InChI=1S/C12H12ClFO2/c1-12(5-2-6-16-12)11(15)9-4-3-8(13)7-10(9)14/h3-4,7H,2,5-6H2,1H3. The van der Waals surface area contributed by atoms with Gasteiger partial charge in [-0.15, -0.1) is 0 Å². The number of halogens is 2. The summed E-state index contributed by atoms with van der Waals surface area (Å²) in [6, 6.07) is 4.07. The minimum Gasteiger partial charge on any atom is -0.367 e. The van der Waals surface area contributed by atoms with Crippen LogP contribution in [0.3, 0.4) is 0 Å². The second kappa shape index (κ2) is 4.15. The van der Waals surface area contributed by atoms with Crippen molar-refractivity contribution in [2.45, 2.75) is 25.4 Å². The molecule has 0 bridgehead atoms. The van der Waals surface area contributed by atoms with E-state index in [2.05, 4.69) is 0 Å². The van der Waals surface area contributed by atoms with Gasteiger partial charge in [-0.2, -0.15) is 0 Å². The van der Waals surface area contributed by atoms with E-state index in [1.807, 2.05) is 0 Å². The Kier molecular flexibility index (Phi) is 3.00. The molecule has 1 fully saturated rings. The number of benzene rings is 1. The highest BCUT2D eigenvalue weighted by Crippen LogP contribution is 2.30. The Hall–Kier alpha value is -0.930. The van der Waals surface area contributed by atoms with Crippen LogP contribution in [0.1, 0.15) is 30.1 Å². The highest BCUT2D eigenvalue weighted by atomic mass is 35.5. The van der Waals surface area contributed by atoms with Crippen LogP contribution < -0.4 is 0 Å². The van der Waals surface area contributed by atoms with Crippen LogP contribution in [0.25, 0.3) is 0 Å². The molecule has 0 amide bonds. The van der Waals surface area contributed by atoms with Crippen LogP contribution in [-0.4, -0.2) is 18.0 Å². The third kappa shape index (κ3) is 1.97. The van der Waals surface area contributed by atoms with Crippen LogP contribution >= 0.6 is 11.6 Å². The van der Waals surface area contributed by atoms with Gasteiger partial charge in [-0.05, 0) is 38.0 Å². The molecule has 1 heterocycles. The van der Waals surface area contributed by atoms with Gasteiger partial charge in [0.25, 0.3) is 0 Å². The van der Waals surface area contributed by atoms with Crippen LogP contribution in [0.2, 0.25) is 5.02 Å². The predicted octanol–water partition coefficient (Wildman–Crippen LogP) is 3.23. The van der Waals surface area contributed by atoms with E-state index in [1.54, 1.807) is 6.92 Å². The number of Topliss-reactive ketones (excluding diaryl/α,β-unsaturated/α-hetero) is 1. The lowest BCUT2D eigenvalue weighted by molar-refractivity contribution is 0.0210. The molecule has 1 unspecified atom stereocenters. The quantitative estimate of drug-likeness (QED) is 0.745. The molecule has 0 aliphatic carbocycles. The molecule has 4 heteroatoms. The summed E-state index contributed by atoms with van der Waals surface area (Å²) in [6.07, 6.45) is 1.46. The van der Waals surface area contributed by atoms with Gasteiger partial charge in [0.2, 0.25) is 0 Å². The highest BCUT2D eigenvalue weighted by Gasteiger charge is 2.39. The topological polar surface area (TPSA) is 26.3 Å². The Morgan fingerprint density at radius 3 is 2.88 bits per heavy atom. The first-order valence-corrected chi connectivity index (χ1v) is 5.54. The number of carbonyl (C=O) groups is 1. The Morgan fingerprint density at radius 1 is 1.56 bits per heavy atom. The van der Waals surface area contributed by atoms with Crippen LogP contribution in [0.4, 0.5) is 4.39 Å². The van der Waals surface area contributed by atoms with E-state index in [4.69, 9.17) is 16.3 Å². The van der Waals surface area contributed by atoms with Crippen LogP contribution in [-0.2, 0) is 4.74 Å². The van der Waals surface area contributed by atoms with E-state index in [9.17, 15) is 9.18 Å². The Labute approximate surface area is 98.4 Å². The van der Waals surface area contributed by atoms with Crippen molar-refractivity contribution < 1.29 is 13.9 Å². The number of hydrogen-bond donors (Lipinski definition) is 0. The van der Waals surface area contributed by atoms with Crippen LogP contribution in [0.15, 0.2) is 18.2 Å². The maximum atomic E-state index is 13.6. The minimum absolute atomic E-state index is 0.0498. The van der Waals surface area contributed by atoms with E-state index >= 15 is 0 Å². The molecule has 16 heavy (non-hydrogen) atoms. The lowest BCUT2D eigenvalue weighted by Crippen LogP contribution is -2.34. The molecule has 1 atom stereocenters. The largest absolute Gasteiger partial charge is 0.367 e. The molecule has 86 valence electrons. The van der Waals surface area contributed by atoms with E-state index in [0.29, 0.717) is 13.0 Å². The molecule has 2 nitrogen and oxygen atoms in total. The van der Waals surface area contributed by atoms with Gasteiger partial charge in [-0.3, -0.25) is 4.79 Å². The summed E-state index contributed by atoms with van der Waals surface area (Å²) in [7, 11) is 0. The summed E-state index contributed by atoms with van der Waals surface area (Å²) >= 11 is 5.63. The molecule has 0 aromatic heterocycles. The van der Waals surface area contributed by atoms with E-state index < -0.39 is 11.4 Å². The Balaban J connectivity index is 2.33. The van der Waals surface area contributed by atoms with Crippen molar-refractivity contribution in [2.24, 2.45) is 0 Å². The SMILES string of the molecule is CC1(C(=O)c2ccc(Cl)cc2F)CCCO1. The zero-order chi connectivity index (χ0) is 11.8. The molecule has 2 rings (SSSR count). The molecule has 1 aliphatic heterocycles. The summed E-state index contributed by atoms with van der Waals surface area (Å²) < 4.78 is 19.0. The smallest absolute Gasteiger partial charge is 0.197 e. The molecule has 1 aliphatic rings. The summed E-state index contributed by atoms with van der Waals surface area (Å²) in [6.45, 7) is 2.26. The second-order valence-corrected chi connectivity index (χ2v) is 4.57. The molecule has 0 N–H and O–H groups in total. The van der Waals surface area contributed by atoms with Crippen molar-refractivity contribution >= 4 is 17.4 Å². The fraction of sp³-hybridized carbons (Fsp3) is 0.417. The fourth-order valence-electron chi connectivity index (χ4n) is 1.92. The molecule has 0 spiro atoms. The fourth-order valence-corrected chi connectivity index (χ4v) is 2.08. The van der Waals surface area contributed by atoms with Crippen molar-refractivity contribution in [3.05, 3.63) is 34.6 Å². The number of ketones is 1. The maximum Gasteiger partial charge on any atom is 0.197 e. The summed E-state index contributed by atoms with van der Waals surface area (Å²) in [4.78, 5) is 12.1. The number of ether oxygens (including phenoxy) is 1. The summed E-state index contributed by atoms with van der Waals surface area (Å²) in [5.41, 5.74) is -0.830. The second-order valence-electron chi connectivity index (χ2n) is 4.14. The van der Waals surface area contributed by atoms with Crippen molar-refractivity contribution in [1.29, 1.82) is 0 Å². The van der Waals surface area contributed by atoms with Gasteiger partial charge >= 0.3 is 0 Å². The van der Waals surface area contributed by atoms with Gasteiger partial charge in [0.1, 0.15) is 11.4 Å². The molecule has 1 aromatic rings. The lowest BCUT2D eigenvalue weighted by atomic mass is 9.92. The minimum atomic E-state index is -0.880. The first kappa shape index (κ1) is 11.6. The number of hydrogen-bond acceptors (Lipinski definition) is 2. The molecule has 0 saturated carbocycles. The third-order valence-corrected chi connectivity index (χ3v) is 3.11. The van der Waals surface area contributed by atoms with Crippen molar-refractivity contribution in [1.82, 2.24) is 0 Å².